The summed E-state index contributed by atoms with van der Waals surface area (Å²) in [6, 6.07) is 9.62. The molecule has 2 heterocycles. The lowest BCUT2D eigenvalue weighted by Gasteiger charge is -2.15. The Balaban J connectivity index is 1.82. The fraction of sp³-hybridized carbons (Fsp3) is 0.294. The van der Waals surface area contributed by atoms with E-state index in [9.17, 15) is 4.79 Å². The second kappa shape index (κ2) is 6.06. The highest BCUT2D eigenvalue weighted by molar-refractivity contribution is 6.06. The van der Waals surface area contributed by atoms with Crippen molar-refractivity contribution in [2.75, 3.05) is 19.6 Å². The number of para-hydroxylation sites is 1. The van der Waals surface area contributed by atoms with E-state index in [0.29, 0.717) is 12.1 Å². The Hall–Kier alpha value is -2.20. The molecule has 1 aromatic carbocycles. The van der Waals surface area contributed by atoms with Gasteiger partial charge in [0, 0.05) is 24.2 Å². The van der Waals surface area contributed by atoms with E-state index in [2.05, 4.69) is 21.7 Å². The fourth-order valence-corrected chi connectivity index (χ4v) is 2.61. The fourth-order valence-electron chi connectivity index (χ4n) is 2.61. The third-order valence-electron chi connectivity index (χ3n) is 3.72. The summed E-state index contributed by atoms with van der Waals surface area (Å²) in [5.41, 5.74) is 3.72. The highest BCUT2D eigenvalue weighted by atomic mass is 16.1. The van der Waals surface area contributed by atoms with E-state index >= 15 is 0 Å². The molecule has 21 heavy (non-hydrogen) atoms. The zero-order chi connectivity index (χ0) is 14.7. The molecule has 3 rings (SSSR count). The number of hydrogen-bond acceptors (Lipinski definition) is 3. The monoisotopic (exact) mass is 281 g/mol. The minimum atomic E-state index is -0.0314. The van der Waals surface area contributed by atoms with Crippen LogP contribution < -0.4 is 10.6 Å². The van der Waals surface area contributed by atoms with Gasteiger partial charge in [-0.1, -0.05) is 29.8 Å². The summed E-state index contributed by atoms with van der Waals surface area (Å²) >= 11 is 0. The Morgan fingerprint density at radius 1 is 1.38 bits per heavy atom. The molecule has 0 bridgehead atoms. The van der Waals surface area contributed by atoms with Gasteiger partial charge in [-0.15, -0.1) is 0 Å². The van der Waals surface area contributed by atoms with E-state index in [4.69, 9.17) is 0 Å². The highest BCUT2D eigenvalue weighted by Crippen LogP contribution is 2.18. The molecule has 0 radical (unpaired) electrons. The molecule has 1 amide bonds. The second-order valence-corrected chi connectivity index (χ2v) is 5.33. The van der Waals surface area contributed by atoms with Crippen LogP contribution in [0.25, 0.3) is 10.9 Å². The first kappa shape index (κ1) is 13.8. The first-order valence-corrected chi connectivity index (χ1v) is 7.27. The summed E-state index contributed by atoms with van der Waals surface area (Å²) in [7, 11) is 0. The number of benzene rings is 1. The molecule has 2 aromatic rings. The van der Waals surface area contributed by atoms with Gasteiger partial charge in [0.25, 0.3) is 5.91 Å². The van der Waals surface area contributed by atoms with Crippen LogP contribution in [0, 0.1) is 6.92 Å². The predicted octanol–water partition coefficient (Wildman–Crippen LogP) is 2.19. The molecule has 4 nitrogen and oxygen atoms in total. The minimum absolute atomic E-state index is 0.0314. The quantitative estimate of drug-likeness (QED) is 0.848. The van der Waals surface area contributed by atoms with Crippen molar-refractivity contribution in [1.29, 1.82) is 0 Å². The van der Waals surface area contributed by atoms with Gasteiger partial charge < -0.3 is 10.6 Å². The van der Waals surface area contributed by atoms with Crippen molar-refractivity contribution >= 4 is 16.8 Å². The van der Waals surface area contributed by atoms with Gasteiger partial charge in [-0.3, -0.25) is 9.78 Å². The molecule has 0 saturated heterocycles. The van der Waals surface area contributed by atoms with Crippen LogP contribution in [0.2, 0.25) is 0 Å². The van der Waals surface area contributed by atoms with Gasteiger partial charge in [-0.2, -0.15) is 0 Å². The highest BCUT2D eigenvalue weighted by Gasteiger charge is 2.12. The van der Waals surface area contributed by atoms with Crippen molar-refractivity contribution in [2.24, 2.45) is 0 Å². The Bertz CT molecular complexity index is 706. The molecule has 1 aliphatic rings. The van der Waals surface area contributed by atoms with Crippen LogP contribution in [0.15, 0.2) is 42.0 Å². The van der Waals surface area contributed by atoms with Crippen LogP contribution >= 0.6 is 0 Å². The van der Waals surface area contributed by atoms with Crippen LogP contribution in [-0.2, 0) is 0 Å². The maximum absolute atomic E-state index is 12.5. The van der Waals surface area contributed by atoms with Crippen molar-refractivity contribution in [3.8, 4) is 0 Å². The lowest BCUT2D eigenvalue weighted by molar-refractivity contribution is 0.0958. The third-order valence-corrected chi connectivity index (χ3v) is 3.72. The largest absolute Gasteiger partial charge is 0.348 e. The van der Waals surface area contributed by atoms with Gasteiger partial charge in [0.15, 0.2) is 0 Å². The Morgan fingerprint density at radius 2 is 2.24 bits per heavy atom. The molecular formula is C17H19N3O. The number of aryl methyl sites for hydroxylation is 1. The van der Waals surface area contributed by atoms with E-state index in [0.717, 1.165) is 36.1 Å². The number of nitrogens with one attached hydrogen (secondary N) is 2. The molecule has 2 N–H and O–H groups in total. The first-order valence-electron chi connectivity index (χ1n) is 7.27. The van der Waals surface area contributed by atoms with E-state index in [1.54, 1.807) is 0 Å². The van der Waals surface area contributed by atoms with Gasteiger partial charge in [-0.05, 0) is 32.0 Å². The molecule has 0 aliphatic carbocycles. The number of rotatable bonds is 3. The number of hydrogen-bond donors (Lipinski definition) is 2. The lowest BCUT2D eigenvalue weighted by Crippen LogP contribution is -2.29. The molecule has 108 valence electrons. The predicted molar refractivity (Wildman–Crippen MR) is 84.4 cm³/mol. The third kappa shape index (κ3) is 3.11. The van der Waals surface area contributed by atoms with Gasteiger partial charge in [0.2, 0.25) is 0 Å². The summed E-state index contributed by atoms with van der Waals surface area (Å²) in [6.07, 6.45) is 3.15. The summed E-state index contributed by atoms with van der Waals surface area (Å²) in [6.45, 7) is 4.41. The molecular weight excluding hydrogens is 262 g/mol. The van der Waals surface area contributed by atoms with Crippen LogP contribution in [0.4, 0.5) is 0 Å². The van der Waals surface area contributed by atoms with Crippen LogP contribution in [0.3, 0.4) is 0 Å². The van der Waals surface area contributed by atoms with E-state index < -0.39 is 0 Å². The number of fused-ring (bicyclic) bond motifs is 1. The zero-order valence-corrected chi connectivity index (χ0v) is 12.1. The zero-order valence-electron chi connectivity index (χ0n) is 12.1. The second-order valence-electron chi connectivity index (χ2n) is 5.33. The molecule has 1 aromatic heterocycles. The van der Waals surface area contributed by atoms with Crippen molar-refractivity contribution < 1.29 is 4.79 Å². The Labute approximate surface area is 124 Å². The Morgan fingerprint density at radius 3 is 3.05 bits per heavy atom. The SMILES string of the molecule is Cc1cc(C(=O)NCC2=CCNCC2)c2ccccc2n1. The van der Waals surface area contributed by atoms with E-state index in [1.165, 1.54) is 5.57 Å². The molecule has 0 fully saturated rings. The first-order chi connectivity index (χ1) is 10.2. The minimum Gasteiger partial charge on any atom is -0.348 e. The molecule has 1 aliphatic heterocycles. The van der Waals surface area contributed by atoms with Crippen molar-refractivity contribution in [2.45, 2.75) is 13.3 Å². The molecule has 0 saturated carbocycles. The average Bonchev–Trinajstić information content (AvgIpc) is 2.52. The summed E-state index contributed by atoms with van der Waals surface area (Å²) in [5, 5.41) is 7.20. The maximum Gasteiger partial charge on any atom is 0.252 e. The summed E-state index contributed by atoms with van der Waals surface area (Å²) in [5.74, 6) is -0.0314. The van der Waals surface area contributed by atoms with Crippen LogP contribution in [-0.4, -0.2) is 30.5 Å². The topological polar surface area (TPSA) is 54.0 Å². The number of nitrogens with zero attached hydrogens (tertiary/aromatic N) is 1. The smallest absolute Gasteiger partial charge is 0.252 e. The van der Waals surface area contributed by atoms with Crippen LogP contribution in [0.5, 0.6) is 0 Å². The number of aromatic nitrogens is 1. The van der Waals surface area contributed by atoms with Gasteiger partial charge in [-0.25, -0.2) is 0 Å². The summed E-state index contributed by atoms with van der Waals surface area (Å²) in [4.78, 5) is 16.9. The Kier molecular flexibility index (Phi) is 3.97. The van der Waals surface area contributed by atoms with Gasteiger partial charge in [0.05, 0.1) is 11.1 Å². The maximum atomic E-state index is 12.5. The molecule has 4 heteroatoms. The van der Waals surface area contributed by atoms with Gasteiger partial charge in [0.1, 0.15) is 0 Å². The molecule has 0 unspecified atom stereocenters. The van der Waals surface area contributed by atoms with Crippen molar-refractivity contribution in [3.05, 3.63) is 53.2 Å². The van der Waals surface area contributed by atoms with Crippen LogP contribution in [0.1, 0.15) is 22.5 Å². The molecule has 0 atom stereocenters. The van der Waals surface area contributed by atoms with E-state index in [1.807, 2.05) is 37.3 Å². The standard InChI is InChI=1S/C17H19N3O/c1-12-10-15(14-4-2-3-5-16(14)20-12)17(21)19-11-13-6-8-18-9-7-13/h2-6,10,18H,7-9,11H2,1H3,(H,19,21). The average molecular weight is 281 g/mol. The number of amides is 1. The van der Waals surface area contributed by atoms with Crippen molar-refractivity contribution in [3.63, 3.8) is 0 Å². The molecule has 0 spiro atoms. The lowest BCUT2D eigenvalue weighted by atomic mass is 10.1. The number of carbonyl (C=O) groups excluding carboxylic acids is 1. The number of carbonyl (C=O) groups is 1. The van der Waals surface area contributed by atoms with E-state index in [-0.39, 0.29) is 5.91 Å². The van der Waals surface area contributed by atoms with Crippen molar-refractivity contribution in [1.82, 2.24) is 15.6 Å². The summed E-state index contributed by atoms with van der Waals surface area (Å²) < 4.78 is 0. The van der Waals surface area contributed by atoms with Gasteiger partial charge >= 0.3 is 0 Å². The number of pyridine rings is 1. The normalized spacial score (nSPS) is 14.8.